The first-order valence-electron chi connectivity index (χ1n) is 9.23. The minimum Gasteiger partial charge on any atom is -0.345 e. The van der Waals surface area contributed by atoms with Gasteiger partial charge in [-0.05, 0) is 50.3 Å². The van der Waals surface area contributed by atoms with Crippen LogP contribution in [0.5, 0.6) is 0 Å². The molecule has 1 aromatic carbocycles. The van der Waals surface area contributed by atoms with Crippen LogP contribution in [0.1, 0.15) is 41.4 Å². The molecule has 1 aliphatic heterocycles. The summed E-state index contributed by atoms with van der Waals surface area (Å²) in [7, 11) is -1.89. The van der Waals surface area contributed by atoms with Crippen LogP contribution in [-0.4, -0.2) is 36.3 Å². The van der Waals surface area contributed by atoms with Crippen LogP contribution in [-0.2, 0) is 17.1 Å². The molecule has 146 valence electrons. The molecule has 27 heavy (non-hydrogen) atoms. The predicted molar refractivity (Wildman–Crippen MR) is 106 cm³/mol. The lowest BCUT2D eigenvalue weighted by Gasteiger charge is -2.29. The maximum atomic E-state index is 12.9. The van der Waals surface area contributed by atoms with Gasteiger partial charge in [-0.3, -0.25) is 4.79 Å². The highest BCUT2D eigenvalue weighted by molar-refractivity contribution is 7.89. The molecule has 6 nitrogen and oxygen atoms in total. The number of aryl methyl sites for hydroxylation is 3. The summed E-state index contributed by atoms with van der Waals surface area (Å²) in [5.41, 5.74) is 3.13. The monoisotopic (exact) mass is 389 g/mol. The molecule has 0 bridgehead atoms. The molecule has 1 aliphatic rings. The minimum absolute atomic E-state index is 0.172. The highest BCUT2D eigenvalue weighted by Gasteiger charge is 2.30. The number of nitrogens with one attached hydrogen (secondary N) is 1. The zero-order valence-electron chi connectivity index (χ0n) is 16.3. The zero-order valence-corrected chi connectivity index (χ0v) is 17.1. The van der Waals surface area contributed by atoms with Crippen molar-refractivity contribution in [2.75, 3.05) is 18.4 Å². The van der Waals surface area contributed by atoms with Gasteiger partial charge in [-0.15, -0.1) is 0 Å². The average Bonchev–Trinajstić information content (AvgIpc) is 3.00. The molecule has 0 aliphatic carbocycles. The smallest absolute Gasteiger partial charge is 0.272 e. The van der Waals surface area contributed by atoms with Crippen LogP contribution in [0.25, 0.3) is 0 Å². The maximum Gasteiger partial charge on any atom is 0.272 e. The van der Waals surface area contributed by atoms with E-state index in [9.17, 15) is 13.2 Å². The van der Waals surface area contributed by atoms with Gasteiger partial charge in [-0.25, -0.2) is 8.42 Å². The van der Waals surface area contributed by atoms with Crippen LogP contribution in [0, 0.1) is 19.8 Å². The van der Waals surface area contributed by atoms with E-state index >= 15 is 0 Å². The van der Waals surface area contributed by atoms with Crippen molar-refractivity contribution in [3.8, 4) is 0 Å². The Labute approximate surface area is 161 Å². The summed E-state index contributed by atoms with van der Waals surface area (Å²) >= 11 is 0. The molecule has 3 rings (SSSR count). The Bertz CT molecular complexity index is 955. The molecule has 1 amide bonds. The van der Waals surface area contributed by atoms with Crippen molar-refractivity contribution in [3.05, 3.63) is 47.3 Å². The number of rotatable bonds is 4. The molecule has 0 radical (unpaired) electrons. The lowest BCUT2D eigenvalue weighted by molar-refractivity contribution is 0.101. The van der Waals surface area contributed by atoms with E-state index in [0.717, 1.165) is 29.7 Å². The van der Waals surface area contributed by atoms with Gasteiger partial charge in [-0.1, -0.05) is 24.6 Å². The number of hydrogen-bond acceptors (Lipinski definition) is 3. The maximum absolute atomic E-state index is 12.9. The second-order valence-corrected chi connectivity index (χ2v) is 9.47. The SMILES string of the molecule is Cc1ccc(NC(=O)c2cc(S(=O)(=O)N3CCC(C)CC3)cn2C)c(C)c1. The Morgan fingerprint density at radius 2 is 1.81 bits per heavy atom. The van der Waals surface area contributed by atoms with Crippen molar-refractivity contribution in [2.24, 2.45) is 13.0 Å². The second kappa shape index (κ2) is 7.48. The third kappa shape index (κ3) is 4.09. The number of amides is 1. The van der Waals surface area contributed by atoms with Gasteiger partial charge < -0.3 is 9.88 Å². The number of carbonyl (C=O) groups excluding carboxylic acids is 1. The van der Waals surface area contributed by atoms with Crippen LogP contribution in [0.2, 0.25) is 0 Å². The van der Waals surface area contributed by atoms with Crippen molar-refractivity contribution in [1.29, 1.82) is 0 Å². The summed E-state index contributed by atoms with van der Waals surface area (Å²) in [4.78, 5) is 12.9. The van der Waals surface area contributed by atoms with E-state index in [1.165, 1.54) is 16.6 Å². The van der Waals surface area contributed by atoms with E-state index in [1.807, 2.05) is 32.0 Å². The first kappa shape index (κ1) is 19.6. The Morgan fingerprint density at radius 3 is 2.44 bits per heavy atom. The molecular formula is C20H27N3O3S. The van der Waals surface area contributed by atoms with Gasteiger partial charge in [0.25, 0.3) is 5.91 Å². The number of carbonyl (C=O) groups is 1. The van der Waals surface area contributed by atoms with E-state index in [1.54, 1.807) is 11.6 Å². The van der Waals surface area contributed by atoms with E-state index in [4.69, 9.17) is 0 Å². The lowest BCUT2D eigenvalue weighted by atomic mass is 10.0. The van der Waals surface area contributed by atoms with Crippen LogP contribution < -0.4 is 5.32 Å². The van der Waals surface area contributed by atoms with Gasteiger partial charge in [0, 0.05) is 32.0 Å². The zero-order chi connectivity index (χ0) is 19.8. The van der Waals surface area contributed by atoms with Crippen molar-refractivity contribution in [2.45, 2.75) is 38.5 Å². The quantitative estimate of drug-likeness (QED) is 0.872. The van der Waals surface area contributed by atoms with Crippen molar-refractivity contribution < 1.29 is 13.2 Å². The van der Waals surface area contributed by atoms with Crippen molar-refractivity contribution in [1.82, 2.24) is 8.87 Å². The number of aromatic nitrogens is 1. The fourth-order valence-electron chi connectivity index (χ4n) is 3.42. The number of nitrogens with zero attached hydrogens (tertiary/aromatic N) is 2. The summed E-state index contributed by atoms with van der Waals surface area (Å²) in [5, 5.41) is 2.88. The van der Waals surface area contributed by atoms with Gasteiger partial charge in [0.1, 0.15) is 10.6 Å². The number of sulfonamides is 1. The van der Waals surface area contributed by atoms with Crippen LogP contribution in [0.15, 0.2) is 35.4 Å². The van der Waals surface area contributed by atoms with Gasteiger partial charge in [-0.2, -0.15) is 4.31 Å². The number of benzene rings is 1. The molecule has 0 unspecified atom stereocenters. The highest BCUT2D eigenvalue weighted by Crippen LogP contribution is 2.25. The van der Waals surface area contributed by atoms with E-state index in [0.29, 0.717) is 24.7 Å². The Kier molecular flexibility index (Phi) is 5.44. The first-order chi connectivity index (χ1) is 12.7. The molecule has 1 aromatic heterocycles. The molecular weight excluding hydrogens is 362 g/mol. The molecule has 1 N–H and O–H groups in total. The molecule has 0 spiro atoms. The Morgan fingerprint density at radius 1 is 1.15 bits per heavy atom. The third-order valence-electron chi connectivity index (χ3n) is 5.22. The summed E-state index contributed by atoms with van der Waals surface area (Å²) in [6.07, 6.45) is 3.25. The summed E-state index contributed by atoms with van der Waals surface area (Å²) in [5.74, 6) is 0.226. The van der Waals surface area contributed by atoms with Gasteiger partial charge in [0.2, 0.25) is 10.0 Å². The summed E-state index contributed by atoms with van der Waals surface area (Å²) < 4.78 is 28.9. The molecule has 0 saturated carbocycles. The van der Waals surface area contributed by atoms with Crippen molar-refractivity contribution in [3.63, 3.8) is 0 Å². The number of hydrogen-bond donors (Lipinski definition) is 1. The Hall–Kier alpha value is -2.12. The van der Waals surface area contributed by atoms with Gasteiger partial charge in [0.15, 0.2) is 0 Å². The van der Waals surface area contributed by atoms with Gasteiger partial charge >= 0.3 is 0 Å². The molecule has 0 atom stereocenters. The van der Waals surface area contributed by atoms with E-state index in [-0.39, 0.29) is 10.8 Å². The van der Waals surface area contributed by atoms with Crippen molar-refractivity contribution >= 4 is 21.6 Å². The second-order valence-electron chi connectivity index (χ2n) is 7.53. The van der Waals surface area contributed by atoms with E-state index in [2.05, 4.69) is 12.2 Å². The highest BCUT2D eigenvalue weighted by atomic mass is 32.2. The fraction of sp³-hybridized carbons (Fsp3) is 0.450. The fourth-order valence-corrected chi connectivity index (χ4v) is 4.96. The summed E-state index contributed by atoms with van der Waals surface area (Å²) in [6, 6.07) is 7.25. The van der Waals surface area contributed by atoms with Crippen LogP contribution >= 0.6 is 0 Å². The largest absolute Gasteiger partial charge is 0.345 e. The molecule has 7 heteroatoms. The number of piperidine rings is 1. The summed E-state index contributed by atoms with van der Waals surface area (Å²) in [6.45, 7) is 7.13. The van der Waals surface area contributed by atoms with E-state index < -0.39 is 10.0 Å². The molecule has 2 aromatic rings. The predicted octanol–water partition coefficient (Wildman–Crippen LogP) is 3.31. The topological polar surface area (TPSA) is 71.4 Å². The van der Waals surface area contributed by atoms with Crippen LogP contribution in [0.4, 0.5) is 5.69 Å². The lowest BCUT2D eigenvalue weighted by Crippen LogP contribution is -2.37. The Balaban J connectivity index is 1.82. The third-order valence-corrected chi connectivity index (χ3v) is 7.09. The van der Waals surface area contributed by atoms with Gasteiger partial charge in [0.05, 0.1) is 0 Å². The molecule has 1 saturated heterocycles. The van der Waals surface area contributed by atoms with Crippen LogP contribution in [0.3, 0.4) is 0 Å². The normalized spacial score (nSPS) is 16.4. The number of anilines is 1. The standard InChI is InChI=1S/C20H27N3O3S/c1-14-7-9-23(10-8-14)27(25,26)17-12-19(22(4)13-17)20(24)21-18-6-5-15(2)11-16(18)3/h5-6,11-14H,7-10H2,1-4H3,(H,21,24). The minimum atomic E-state index is -3.57. The average molecular weight is 390 g/mol. The first-order valence-corrected chi connectivity index (χ1v) is 10.7. The molecule has 2 heterocycles. The molecule has 1 fully saturated rings.